The van der Waals surface area contributed by atoms with Crippen LogP contribution < -0.4 is 4.90 Å². The summed E-state index contributed by atoms with van der Waals surface area (Å²) in [6.07, 6.45) is -0.243. The number of hydrogen-bond donors (Lipinski definition) is 1. The minimum Gasteiger partial charge on any atom is -0.508 e. The third kappa shape index (κ3) is 3.37. The summed E-state index contributed by atoms with van der Waals surface area (Å²) in [6, 6.07) is 9.98. The van der Waals surface area contributed by atoms with Crippen LogP contribution in [-0.4, -0.2) is 17.6 Å². The first-order chi connectivity index (χ1) is 10.0. The Balaban J connectivity index is 2.23. The molecule has 2 rings (SSSR count). The lowest BCUT2D eigenvalue weighted by Crippen LogP contribution is -2.32. The van der Waals surface area contributed by atoms with Crippen LogP contribution in [0.5, 0.6) is 5.75 Å². The standard InChI is InChI=1S/C16H15F2NO2/c1-2-19(12-6-4-7-13(20)10-12)15(21)9-11-5-3-8-14(17)16(11)18/h3-8,10,20H,2,9H2,1H3. The lowest BCUT2D eigenvalue weighted by molar-refractivity contribution is -0.118. The number of benzene rings is 2. The van der Waals surface area contributed by atoms with E-state index >= 15 is 0 Å². The van der Waals surface area contributed by atoms with E-state index < -0.39 is 11.6 Å². The van der Waals surface area contributed by atoms with Gasteiger partial charge in [0, 0.05) is 23.9 Å². The van der Waals surface area contributed by atoms with Gasteiger partial charge in [-0.05, 0) is 25.1 Å². The Morgan fingerprint density at radius 3 is 2.57 bits per heavy atom. The molecule has 3 nitrogen and oxygen atoms in total. The molecule has 0 aliphatic heterocycles. The number of amides is 1. The number of carbonyl (C=O) groups excluding carboxylic acids is 1. The fourth-order valence-corrected chi connectivity index (χ4v) is 2.11. The number of phenolic OH excluding ortho intramolecular Hbond substituents is 1. The van der Waals surface area contributed by atoms with Gasteiger partial charge in [-0.2, -0.15) is 0 Å². The Kier molecular flexibility index (Phi) is 4.52. The summed E-state index contributed by atoms with van der Waals surface area (Å²) in [4.78, 5) is 13.7. The zero-order valence-electron chi connectivity index (χ0n) is 11.5. The SMILES string of the molecule is CCN(C(=O)Cc1cccc(F)c1F)c1cccc(O)c1. The van der Waals surface area contributed by atoms with Gasteiger partial charge >= 0.3 is 0 Å². The molecule has 0 unspecified atom stereocenters. The van der Waals surface area contributed by atoms with Crippen molar-refractivity contribution in [2.24, 2.45) is 0 Å². The molecule has 0 heterocycles. The number of carbonyl (C=O) groups is 1. The third-order valence-corrected chi connectivity index (χ3v) is 3.13. The molecule has 0 aromatic heterocycles. The van der Waals surface area contributed by atoms with Crippen LogP contribution in [0.15, 0.2) is 42.5 Å². The first-order valence-corrected chi connectivity index (χ1v) is 6.55. The molecule has 1 amide bonds. The highest BCUT2D eigenvalue weighted by Gasteiger charge is 2.18. The van der Waals surface area contributed by atoms with Gasteiger partial charge in [0.05, 0.1) is 6.42 Å². The molecule has 2 aromatic carbocycles. The van der Waals surface area contributed by atoms with Crippen molar-refractivity contribution in [1.82, 2.24) is 0 Å². The van der Waals surface area contributed by atoms with Crippen molar-refractivity contribution in [2.75, 3.05) is 11.4 Å². The van der Waals surface area contributed by atoms with Crippen molar-refractivity contribution in [2.45, 2.75) is 13.3 Å². The van der Waals surface area contributed by atoms with Crippen LogP contribution in [0.25, 0.3) is 0 Å². The van der Waals surface area contributed by atoms with Crippen molar-refractivity contribution in [3.63, 3.8) is 0 Å². The first-order valence-electron chi connectivity index (χ1n) is 6.55. The lowest BCUT2D eigenvalue weighted by Gasteiger charge is -2.21. The molecule has 0 saturated heterocycles. The molecule has 0 fully saturated rings. The van der Waals surface area contributed by atoms with E-state index in [0.717, 1.165) is 6.07 Å². The Morgan fingerprint density at radius 1 is 1.19 bits per heavy atom. The minimum atomic E-state index is -1.00. The van der Waals surface area contributed by atoms with Crippen LogP contribution in [0.2, 0.25) is 0 Å². The summed E-state index contributed by atoms with van der Waals surface area (Å²) >= 11 is 0. The zero-order chi connectivity index (χ0) is 15.4. The Labute approximate surface area is 121 Å². The predicted octanol–water partition coefficient (Wildman–Crippen LogP) is 3.27. The third-order valence-electron chi connectivity index (χ3n) is 3.13. The molecule has 0 spiro atoms. The second-order valence-electron chi connectivity index (χ2n) is 4.55. The Morgan fingerprint density at radius 2 is 1.90 bits per heavy atom. The Bertz CT molecular complexity index is 658. The molecule has 5 heteroatoms. The fraction of sp³-hybridized carbons (Fsp3) is 0.188. The van der Waals surface area contributed by atoms with Gasteiger partial charge in [-0.3, -0.25) is 4.79 Å². The molecule has 0 aliphatic rings. The maximum atomic E-state index is 13.6. The fourth-order valence-electron chi connectivity index (χ4n) is 2.11. The van der Waals surface area contributed by atoms with E-state index in [1.807, 2.05) is 0 Å². The highest BCUT2D eigenvalue weighted by atomic mass is 19.2. The minimum absolute atomic E-state index is 0.0126. The number of aromatic hydroxyl groups is 1. The predicted molar refractivity (Wildman–Crippen MR) is 76.2 cm³/mol. The van der Waals surface area contributed by atoms with E-state index in [1.165, 1.54) is 29.2 Å². The van der Waals surface area contributed by atoms with Gasteiger partial charge in [0.1, 0.15) is 5.75 Å². The van der Waals surface area contributed by atoms with Crippen molar-refractivity contribution < 1.29 is 18.7 Å². The van der Waals surface area contributed by atoms with Crippen LogP contribution in [-0.2, 0) is 11.2 Å². The average Bonchev–Trinajstić information content (AvgIpc) is 2.45. The quantitative estimate of drug-likeness (QED) is 0.939. The number of nitrogens with zero attached hydrogens (tertiary/aromatic N) is 1. The second-order valence-corrected chi connectivity index (χ2v) is 4.55. The second kappa shape index (κ2) is 6.35. The zero-order valence-corrected chi connectivity index (χ0v) is 11.5. The summed E-state index contributed by atoms with van der Waals surface area (Å²) in [7, 11) is 0. The van der Waals surface area contributed by atoms with Crippen LogP contribution in [0.3, 0.4) is 0 Å². The van der Waals surface area contributed by atoms with Gasteiger partial charge in [-0.25, -0.2) is 8.78 Å². The number of anilines is 1. The van der Waals surface area contributed by atoms with Gasteiger partial charge in [0.25, 0.3) is 0 Å². The summed E-state index contributed by atoms with van der Waals surface area (Å²) in [5.74, 6) is -2.30. The monoisotopic (exact) mass is 291 g/mol. The molecule has 0 atom stereocenters. The van der Waals surface area contributed by atoms with Crippen molar-refractivity contribution >= 4 is 11.6 Å². The molecule has 1 N–H and O–H groups in total. The summed E-state index contributed by atoms with van der Waals surface area (Å²) in [6.45, 7) is 2.13. The molecule has 0 radical (unpaired) electrons. The summed E-state index contributed by atoms with van der Waals surface area (Å²) in [5, 5.41) is 9.46. The number of hydrogen-bond acceptors (Lipinski definition) is 2. The summed E-state index contributed by atoms with van der Waals surface area (Å²) in [5.41, 5.74) is 0.526. The normalized spacial score (nSPS) is 10.4. The number of rotatable bonds is 4. The van der Waals surface area contributed by atoms with E-state index in [1.54, 1.807) is 19.1 Å². The summed E-state index contributed by atoms with van der Waals surface area (Å²) < 4.78 is 26.8. The smallest absolute Gasteiger partial charge is 0.231 e. The first kappa shape index (κ1) is 15.0. The van der Waals surface area contributed by atoms with Gasteiger partial charge in [0.2, 0.25) is 5.91 Å². The van der Waals surface area contributed by atoms with Gasteiger partial charge in [0.15, 0.2) is 11.6 Å². The molecule has 21 heavy (non-hydrogen) atoms. The van der Waals surface area contributed by atoms with Crippen LogP contribution in [0.4, 0.5) is 14.5 Å². The topological polar surface area (TPSA) is 40.5 Å². The van der Waals surface area contributed by atoms with Crippen LogP contribution in [0.1, 0.15) is 12.5 Å². The molecule has 0 aliphatic carbocycles. The van der Waals surface area contributed by atoms with Gasteiger partial charge < -0.3 is 10.0 Å². The van der Waals surface area contributed by atoms with E-state index in [2.05, 4.69) is 0 Å². The van der Waals surface area contributed by atoms with E-state index in [9.17, 15) is 18.7 Å². The largest absolute Gasteiger partial charge is 0.508 e. The maximum Gasteiger partial charge on any atom is 0.231 e. The molecule has 110 valence electrons. The average molecular weight is 291 g/mol. The number of halogens is 2. The van der Waals surface area contributed by atoms with Crippen molar-refractivity contribution in [1.29, 1.82) is 0 Å². The highest BCUT2D eigenvalue weighted by molar-refractivity contribution is 5.94. The van der Waals surface area contributed by atoms with Crippen molar-refractivity contribution in [3.05, 3.63) is 59.7 Å². The molecule has 0 saturated carbocycles. The van der Waals surface area contributed by atoms with E-state index in [0.29, 0.717) is 12.2 Å². The van der Waals surface area contributed by atoms with Gasteiger partial charge in [-0.15, -0.1) is 0 Å². The number of phenols is 1. The highest BCUT2D eigenvalue weighted by Crippen LogP contribution is 2.21. The number of likely N-dealkylation sites (N-methyl/N-ethyl adjacent to an activating group) is 1. The van der Waals surface area contributed by atoms with Crippen molar-refractivity contribution in [3.8, 4) is 5.75 Å². The van der Waals surface area contributed by atoms with Crippen LogP contribution >= 0.6 is 0 Å². The van der Waals surface area contributed by atoms with Crippen LogP contribution in [0, 0.1) is 11.6 Å². The molecule has 0 bridgehead atoms. The van der Waals surface area contributed by atoms with E-state index in [4.69, 9.17) is 0 Å². The lowest BCUT2D eigenvalue weighted by atomic mass is 10.1. The van der Waals surface area contributed by atoms with Gasteiger partial charge in [-0.1, -0.05) is 18.2 Å². The van der Waals surface area contributed by atoms with E-state index in [-0.39, 0.29) is 23.6 Å². The molecular weight excluding hydrogens is 276 g/mol. The maximum absolute atomic E-state index is 13.6. The Hall–Kier alpha value is -2.43. The molecular formula is C16H15F2NO2. The molecule has 2 aromatic rings.